The van der Waals surface area contributed by atoms with Gasteiger partial charge in [-0.2, -0.15) is 5.10 Å². The van der Waals surface area contributed by atoms with E-state index in [1.54, 1.807) is 16.8 Å². The Morgan fingerprint density at radius 3 is 2.69 bits per heavy atom. The second-order valence-electron chi connectivity index (χ2n) is 4.26. The van der Waals surface area contributed by atoms with Crippen LogP contribution in [0.4, 0.5) is 0 Å². The first-order chi connectivity index (χ1) is 7.49. The highest BCUT2D eigenvalue weighted by Gasteiger charge is 2.13. The van der Waals surface area contributed by atoms with Gasteiger partial charge in [-0.1, -0.05) is 13.8 Å². The minimum Gasteiger partial charge on any atom is -0.478 e. The SMILES string of the molecule is CC(C)c1cc(C(=O)O)cc2nn(C)cc12. The minimum atomic E-state index is -0.908. The van der Waals surface area contributed by atoms with Crippen LogP contribution < -0.4 is 0 Å². The third-order valence-corrected chi connectivity index (χ3v) is 2.64. The molecule has 84 valence electrons. The van der Waals surface area contributed by atoms with E-state index >= 15 is 0 Å². The van der Waals surface area contributed by atoms with Crippen molar-refractivity contribution < 1.29 is 9.90 Å². The summed E-state index contributed by atoms with van der Waals surface area (Å²) in [5, 5.41) is 14.3. The Bertz CT molecular complexity index is 555. The zero-order chi connectivity index (χ0) is 11.9. The Labute approximate surface area is 93.5 Å². The average Bonchev–Trinajstić information content (AvgIpc) is 2.55. The molecular formula is C12H14N2O2. The summed E-state index contributed by atoms with van der Waals surface area (Å²) in [6, 6.07) is 3.35. The maximum Gasteiger partial charge on any atom is 0.335 e. The van der Waals surface area contributed by atoms with Gasteiger partial charge in [-0.05, 0) is 23.6 Å². The molecule has 0 bridgehead atoms. The molecule has 0 spiro atoms. The summed E-state index contributed by atoms with van der Waals surface area (Å²) in [4.78, 5) is 11.0. The summed E-state index contributed by atoms with van der Waals surface area (Å²) in [6.07, 6.45) is 1.93. The Balaban J connectivity index is 2.78. The van der Waals surface area contributed by atoms with E-state index in [4.69, 9.17) is 5.11 Å². The number of carboxylic acids is 1. The van der Waals surface area contributed by atoms with E-state index < -0.39 is 5.97 Å². The van der Waals surface area contributed by atoms with Crippen molar-refractivity contribution in [2.75, 3.05) is 0 Å². The molecule has 0 fully saturated rings. The lowest BCUT2D eigenvalue weighted by Crippen LogP contribution is -1.99. The largest absolute Gasteiger partial charge is 0.478 e. The molecule has 0 aliphatic rings. The monoisotopic (exact) mass is 218 g/mol. The predicted molar refractivity (Wildman–Crippen MR) is 61.8 cm³/mol. The molecular weight excluding hydrogens is 204 g/mol. The van der Waals surface area contributed by atoms with E-state index in [9.17, 15) is 4.79 Å². The normalized spacial score (nSPS) is 11.2. The number of aromatic nitrogens is 2. The number of aromatic carboxylic acids is 1. The lowest BCUT2D eigenvalue weighted by Gasteiger charge is -2.07. The zero-order valence-corrected chi connectivity index (χ0v) is 9.56. The van der Waals surface area contributed by atoms with Gasteiger partial charge in [0.05, 0.1) is 11.1 Å². The maximum absolute atomic E-state index is 11.0. The van der Waals surface area contributed by atoms with Gasteiger partial charge in [0.25, 0.3) is 0 Å². The van der Waals surface area contributed by atoms with E-state index in [1.807, 2.05) is 27.1 Å². The molecule has 0 saturated heterocycles. The minimum absolute atomic E-state index is 0.283. The summed E-state index contributed by atoms with van der Waals surface area (Å²) < 4.78 is 1.71. The Morgan fingerprint density at radius 2 is 2.12 bits per heavy atom. The number of hydrogen-bond acceptors (Lipinski definition) is 2. The summed E-state index contributed by atoms with van der Waals surface area (Å²) in [5.74, 6) is -0.625. The van der Waals surface area contributed by atoms with Crippen molar-refractivity contribution in [3.63, 3.8) is 0 Å². The second-order valence-corrected chi connectivity index (χ2v) is 4.26. The van der Waals surface area contributed by atoms with Crippen LogP contribution in [0.2, 0.25) is 0 Å². The molecule has 4 nitrogen and oxygen atoms in total. The van der Waals surface area contributed by atoms with Crippen LogP contribution in [-0.2, 0) is 7.05 Å². The fourth-order valence-corrected chi connectivity index (χ4v) is 1.87. The molecule has 0 atom stereocenters. The molecule has 0 saturated carbocycles. The van der Waals surface area contributed by atoms with Crippen LogP contribution in [0.5, 0.6) is 0 Å². The van der Waals surface area contributed by atoms with Crippen LogP contribution in [0, 0.1) is 0 Å². The number of benzene rings is 1. The van der Waals surface area contributed by atoms with Gasteiger partial charge in [0, 0.05) is 18.6 Å². The van der Waals surface area contributed by atoms with Crippen LogP contribution in [0.3, 0.4) is 0 Å². The molecule has 0 aliphatic heterocycles. The third kappa shape index (κ3) is 1.66. The first-order valence-electron chi connectivity index (χ1n) is 5.19. The van der Waals surface area contributed by atoms with Gasteiger partial charge in [-0.3, -0.25) is 4.68 Å². The highest BCUT2D eigenvalue weighted by atomic mass is 16.4. The van der Waals surface area contributed by atoms with Crippen molar-refractivity contribution in [3.05, 3.63) is 29.5 Å². The number of nitrogens with zero attached hydrogens (tertiary/aromatic N) is 2. The van der Waals surface area contributed by atoms with Crippen molar-refractivity contribution in [1.82, 2.24) is 9.78 Å². The van der Waals surface area contributed by atoms with E-state index in [0.717, 1.165) is 16.5 Å². The molecule has 4 heteroatoms. The second kappa shape index (κ2) is 3.63. The van der Waals surface area contributed by atoms with Crippen LogP contribution >= 0.6 is 0 Å². The first-order valence-corrected chi connectivity index (χ1v) is 5.19. The number of fused-ring (bicyclic) bond motifs is 1. The third-order valence-electron chi connectivity index (χ3n) is 2.64. The van der Waals surface area contributed by atoms with Gasteiger partial charge in [0.15, 0.2) is 0 Å². The van der Waals surface area contributed by atoms with Gasteiger partial charge < -0.3 is 5.11 Å². The summed E-state index contributed by atoms with van der Waals surface area (Å²) in [6.45, 7) is 4.10. The average molecular weight is 218 g/mol. The van der Waals surface area contributed by atoms with Crippen LogP contribution in [0.25, 0.3) is 10.9 Å². The molecule has 0 unspecified atom stereocenters. The molecule has 1 aromatic heterocycles. The van der Waals surface area contributed by atoms with Gasteiger partial charge in [0.2, 0.25) is 0 Å². The number of carboxylic acid groups (broad SMARTS) is 1. The molecule has 1 aromatic carbocycles. The van der Waals surface area contributed by atoms with Gasteiger partial charge in [-0.15, -0.1) is 0 Å². The first kappa shape index (κ1) is 10.7. The standard InChI is InChI=1S/C12H14N2O2/c1-7(2)9-4-8(12(15)16)5-11-10(9)6-14(3)13-11/h4-7H,1-3H3,(H,15,16). The predicted octanol–water partition coefficient (Wildman–Crippen LogP) is 2.39. The van der Waals surface area contributed by atoms with Crippen molar-refractivity contribution in [2.24, 2.45) is 7.05 Å². The molecule has 1 N–H and O–H groups in total. The summed E-state index contributed by atoms with van der Waals surface area (Å²) in [7, 11) is 1.84. The van der Waals surface area contributed by atoms with Crippen molar-refractivity contribution in [1.29, 1.82) is 0 Å². The van der Waals surface area contributed by atoms with Gasteiger partial charge in [-0.25, -0.2) is 4.79 Å². The molecule has 0 radical (unpaired) electrons. The van der Waals surface area contributed by atoms with E-state index in [0.29, 0.717) is 5.56 Å². The lowest BCUT2D eigenvalue weighted by atomic mass is 9.97. The highest BCUT2D eigenvalue weighted by Crippen LogP contribution is 2.26. The number of carbonyl (C=O) groups is 1. The van der Waals surface area contributed by atoms with Crippen molar-refractivity contribution >= 4 is 16.9 Å². The van der Waals surface area contributed by atoms with Gasteiger partial charge in [0.1, 0.15) is 0 Å². The zero-order valence-electron chi connectivity index (χ0n) is 9.56. The van der Waals surface area contributed by atoms with Crippen molar-refractivity contribution in [3.8, 4) is 0 Å². The van der Waals surface area contributed by atoms with E-state index in [-0.39, 0.29) is 5.92 Å². The number of aryl methyl sites for hydroxylation is 1. The van der Waals surface area contributed by atoms with Crippen LogP contribution in [0.1, 0.15) is 35.7 Å². The number of rotatable bonds is 2. The number of hydrogen-bond donors (Lipinski definition) is 1. The van der Waals surface area contributed by atoms with Gasteiger partial charge >= 0.3 is 5.97 Å². The van der Waals surface area contributed by atoms with Crippen LogP contribution in [-0.4, -0.2) is 20.9 Å². The van der Waals surface area contributed by atoms with E-state index in [2.05, 4.69) is 5.10 Å². The molecule has 1 heterocycles. The summed E-state index contributed by atoms with van der Waals surface area (Å²) in [5.41, 5.74) is 2.07. The highest BCUT2D eigenvalue weighted by molar-refractivity contribution is 5.94. The Morgan fingerprint density at radius 1 is 1.44 bits per heavy atom. The van der Waals surface area contributed by atoms with E-state index in [1.165, 1.54) is 0 Å². The fraction of sp³-hybridized carbons (Fsp3) is 0.333. The molecule has 16 heavy (non-hydrogen) atoms. The fourth-order valence-electron chi connectivity index (χ4n) is 1.87. The lowest BCUT2D eigenvalue weighted by molar-refractivity contribution is 0.0697. The Hall–Kier alpha value is -1.84. The maximum atomic E-state index is 11.0. The van der Waals surface area contributed by atoms with Crippen LogP contribution in [0.15, 0.2) is 18.3 Å². The summed E-state index contributed by atoms with van der Waals surface area (Å²) >= 11 is 0. The van der Waals surface area contributed by atoms with Crippen molar-refractivity contribution in [2.45, 2.75) is 19.8 Å². The topological polar surface area (TPSA) is 55.1 Å². The molecule has 0 aliphatic carbocycles. The smallest absolute Gasteiger partial charge is 0.335 e. The molecule has 2 aromatic rings. The molecule has 0 amide bonds. The molecule has 2 rings (SSSR count). The Kier molecular flexibility index (Phi) is 2.42. The quantitative estimate of drug-likeness (QED) is 0.842.